The second-order valence-corrected chi connectivity index (χ2v) is 6.18. The third kappa shape index (κ3) is 3.22. The van der Waals surface area contributed by atoms with Gasteiger partial charge in [-0.15, -0.1) is 0 Å². The van der Waals surface area contributed by atoms with Crippen LogP contribution in [0.25, 0.3) is 0 Å². The summed E-state index contributed by atoms with van der Waals surface area (Å²) in [6.07, 6.45) is 5.63. The molecular formula is C15H26N4O. The van der Waals surface area contributed by atoms with Crippen LogP contribution in [0.1, 0.15) is 31.2 Å². The molecule has 2 aliphatic rings. The second kappa shape index (κ2) is 6.24. The van der Waals surface area contributed by atoms with Crippen molar-refractivity contribution in [2.24, 2.45) is 5.92 Å². The fourth-order valence-electron chi connectivity index (χ4n) is 3.19. The molecule has 2 unspecified atom stereocenters. The van der Waals surface area contributed by atoms with Crippen molar-refractivity contribution in [1.29, 1.82) is 0 Å². The SMILES string of the molecule is COCCN(CC1Cc2nc[nH]c2CN1)C(C)C1CC1. The van der Waals surface area contributed by atoms with E-state index in [0.29, 0.717) is 12.1 Å². The zero-order chi connectivity index (χ0) is 13.9. The Labute approximate surface area is 121 Å². The lowest BCUT2D eigenvalue weighted by Gasteiger charge is -2.34. The molecule has 0 spiro atoms. The van der Waals surface area contributed by atoms with Crippen LogP contribution in [0.5, 0.6) is 0 Å². The van der Waals surface area contributed by atoms with Crippen LogP contribution in [0.4, 0.5) is 0 Å². The number of aromatic nitrogens is 2. The number of rotatable bonds is 7. The number of ether oxygens (including phenoxy) is 1. The van der Waals surface area contributed by atoms with Crippen LogP contribution in [-0.2, 0) is 17.7 Å². The molecule has 112 valence electrons. The van der Waals surface area contributed by atoms with E-state index >= 15 is 0 Å². The van der Waals surface area contributed by atoms with E-state index in [4.69, 9.17) is 4.74 Å². The van der Waals surface area contributed by atoms with Gasteiger partial charge in [0.15, 0.2) is 0 Å². The summed E-state index contributed by atoms with van der Waals surface area (Å²) in [5.41, 5.74) is 2.49. The lowest BCUT2D eigenvalue weighted by molar-refractivity contribution is 0.107. The first-order valence-corrected chi connectivity index (χ1v) is 7.75. The van der Waals surface area contributed by atoms with E-state index in [0.717, 1.165) is 38.6 Å². The molecule has 5 nitrogen and oxygen atoms in total. The molecule has 2 N–H and O–H groups in total. The Morgan fingerprint density at radius 3 is 3.10 bits per heavy atom. The molecule has 1 saturated carbocycles. The minimum Gasteiger partial charge on any atom is -0.383 e. The number of hydrogen-bond donors (Lipinski definition) is 2. The summed E-state index contributed by atoms with van der Waals surface area (Å²) in [5.74, 6) is 0.899. The van der Waals surface area contributed by atoms with Gasteiger partial charge in [-0.1, -0.05) is 0 Å². The summed E-state index contributed by atoms with van der Waals surface area (Å²) in [4.78, 5) is 10.2. The molecule has 0 aromatic carbocycles. The first-order chi connectivity index (χ1) is 9.78. The molecule has 0 saturated heterocycles. The van der Waals surface area contributed by atoms with Crippen molar-refractivity contribution >= 4 is 0 Å². The van der Waals surface area contributed by atoms with Gasteiger partial charge in [0.05, 0.1) is 24.3 Å². The molecule has 3 rings (SSSR count). The highest BCUT2D eigenvalue weighted by Gasteiger charge is 2.33. The molecule has 2 heterocycles. The monoisotopic (exact) mass is 278 g/mol. The van der Waals surface area contributed by atoms with Crippen LogP contribution in [0, 0.1) is 5.92 Å². The van der Waals surface area contributed by atoms with E-state index < -0.39 is 0 Å². The van der Waals surface area contributed by atoms with Crippen LogP contribution in [0.15, 0.2) is 6.33 Å². The van der Waals surface area contributed by atoms with E-state index in [1.54, 1.807) is 7.11 Å². The van der Waals surface area contributed by atoms with Crippen molar-refractivity contribution in [3.63, 3.8) is 0 Å². The van der Waals surface area contributed by atoms with E-state index in [1.165, 1.54) is 24.2 Å². The van der Waals surface area contributed by atoms with Crippen molar-refractivity contribution in [3.8, 4) is 0 Å². The van der Waals surface area contributed by atoms with Gasteiger partial charge >= 0.3 is 0 Å². The van der Waals surface area contributed by atoms with Crippen molar-refractivity contribution in [1.82, 2.24) is 20.2 Å². The Bertz CT molecular complexity index is 429. The quantitative estimate of drug-likeness (QED) is 0.786. The van der Waals surface area contributed by atoms with E-state index in [2.05, 4.69) is 27.1 Å². The maximum atomic E-state index is 5.28. The number of hydrogen-bond acceptors (Lipinski definition) is 4. The third-order valence-electron chi connectivity index (χ3n) is 4.73. The standard InChI is InChI=1S/C15H26N4O/c1-11(12-3-4-12)19(5-6-20-2)9-13-7-14-15(8-16-13)18-10-17-14/h10-13,16H,3-9H2,1-2H3,(H,17,18). The topological polar surface area (TPSA) is 53.2 Å². The highest BCUT2D eigenvalue weighted by molar-refractivity contribution is 5.16. The van der Waals surface area contributed by atoms with Gasteiger partial charge in [-0.25, -0.2) is 4.98 Å². The van der Waals surface area contributed by atoms with Gasteiger partial charge in [0.25, 0.3) is 0 Å². The van der Waals surface area contributed by atoms with Crippen molar-refractivity contribution in [2.75, 3.05) is 26.8 Å². The highest BCUT2D eigenvalue weighted by Crippen LogP contribution is 2.35. The minimum absolute atomic E-state index is 0.504. The molecule has 2 atom stereocenters. The smallest absolute Gasteiger partial charge is 0.0925 e. The summed E-state index contributed by atoms with van der Waals surface area (Å²) in [6.45, 7) is 6.22. The van der Waals surface area contributed by atoms with Crippen LogP contribution in [0.3, 0.4) is 0 Å². The maximum absolute atomic E-state index is 5.28. The third-order valence-corrected chi connectivity index (χ3v) is 4.73. The molecule has 1 aromatic rings. The lowest BCUT2D eigenvalue weighted by atomic mass is 10.0. The second-order valence-electron chi connectivity index (χ2n) is 6.18. The Balaban J connectivity index is 1.58. The Hall–Kier alpha value is -0.910. The average Bonchev–Trinajstić information content (AvgIpc) is 3.21. The van der Waals surface area contributed by atoms with Crippen LogP contribution in [-0.4, -0.2) is 53.8 Å². The predicted octanol–water partition coefficient (Wildman–Crippen LogP) is 1.17. The summed E-state index contributed by atoms with van der Waals surface area (Å²) in [6, 6.07) is 1.18. The Morgan fingerprint density at radius 1 is 1.50 bits per heavy atom. The number of nitrogens with one attached hydrogen (secondary N) is 2. The normalized spacial score (nSPS) is 23.9. The lowest BCUT2D eigenvalue weighted by Crippen LogP contribution is -2.48. The minimum atomic E-state index is 0.504. The van der Waals surface area contributed by atoms with Crippen LogP contribution < -0.4 is 5.32 Å². The van der Waals surface area contributed by atoms with Crippen molar-refractivity contribution in [3.05, 3.63) is 17.7 Å². The fourth-order valence-corrected chi connectivity index (χ4v) is 3.19. The summed E-state index contributed by atoms with van der Waals surface area (Å²) in [5, 5.41) is 3.63. The van der Waals surface area contributed by atoms with E-state index in [1.807, 2.05) is 6.33 Å². The predicted molar refractivity (Wildman–Crippen MR) is 78.6 cm³/mol. The number of aromatic amines is 1. The summed E-state index contributed by atoms with van der Waals surface area (Å²) in [7, 11) is 1.79. The van der Waals surface area contributed by atoms with Gasteiger partial charge in [0.2, 0.25) is 0 Å². The number of imidazole rings is 1. The molecular weight excluding hydrogens is 252 g/mol. The largest absolute Gasteiger partial charge is 0.383 e. The molecule has 0 bridgehead atoms. The van der Waals surface area contributed by atoms with E-state index in [9.17, 15) is 0 Å². The highest BCUT2D eigenvalue weighted by atomic mass is 16.5. The van der Waals surface area contributed by atoms with Crippen LogP contribution >= 0.6 is 0 Å². The number of nitrogens with zero attached hydrogens (tertiary/aromatic N) is 2. The summed E-state index contributed by atoms with van der Waals surface area (Å²) < 4.78 is 5.28. The number of fused-ring (bicyclic) bond motifs is 1. The Kier molecular flexibility index (Phi) is 4.38. The zero-order valence-corrected chi connectivity index (χ0v) is 12.6. The number of H-pyrrole nitrogens is 1. The van der Waals surface area contributed by atoms with Gasteiger partial charge < -0.3 is 15.0 Å². The Morgan fingerprint density at radius 2 is 2.35 bits per heavy atom. The van der Waals surface area contributed by atoms with Gasteiger partial charge in [-0.05, 0) is 25.7 Å². The molecule has 1 aromatic heterocycles. The number of methoxy groups -OCH3 is 1. The molecule has 0 amide bonds. The molecule has 1 fully saturated rings. The van der Waals surface area contributed by atoms with Gasteiger partial charge in [0, 0.05) is 45.2 Å². The summed E-state index contributed by atoms with van der Waals surface area (Å²) >= 11 is 0. The van der Waals surface area contributed by atoms with Gasteiger partial charge in [0.1, 0.15) is 0 Å². The van der Waals surface area contributed by atoms with Crippen molar-refractivity contribution in [2.45, 2.75) is 44.8 Å². The molecule has 1 aliphatic carbocycles. The van der Waals surface area contributed by atoms with Crippen molar-refractivity contribution < 1.29 is 4.74 Å². The maximum Gasteiger partial charge on any atom is 0.0925 e. The average molecular weight is 278 g/mol. The molecule has 20 heavy (non-hydrogen) atoms. The molecule has 1 aliphatic heterocycles. The van der Waals surface area contributed by atoms with Gasteiger partial charge in [-0.3, -0.25) is 4.90 Å². The molecule has 0 radical (unpaired) electrons. The first kappa shape index (κ1) is 14.0. The van der Waals surface area contributed by atoms with Gasteiger partial charge in [-0.2, -0.15) is 0 Å². The fraction of sp³-hybridized carbons (Fsp3) is 0.800. The molecule has 5 heteroatoms. The zero-order valence-electron chi connectivity index (χ0n) is 12.6. The van der Waals surface area contributed by atoms with E-state index in [-0.39, 0.29) is 0 Å². The van der Waals surface area contributed by atoms with Crippen LogP contribution in [0.2, 0.25) is 0 Å². The first-order valence-electron chi connectivity index (χ1n) is 7.75.